The minimum Gasteiger partial charge on any atom is -0.486 e. The zero-order valence-electron chi connectivity index (χ0n) is 16.9. The first-order valence-corrected chi connectivity index (χ1v) is 10.9. The SMILES string of the molecule is Cc1cc(NC(=O)CSc2n[nH]c(COc3ccc(Cl)cc3)n2)n(-c2ccc(F)cc2)n1. The largest absolute Gasteiger partial charge is 0.486 e. The highest BCUT2D eigenvalue weighted by molar-refractivity contribution is 7.99. The van der Waals surface area contributed by atoms with E-state index >= 15 is 0 Å². The fraction of sp³-hybridized carbons (Fsp3) is 0.143. The molecule has 0 unspecified atom stereocenters. The smallest absolute Gasteiger partial charge is 0.236 e. The van der Waals surface area contributed by atoms with Crippen LogP contribution in [0.3, 0.4) is 0 Å². The van der Waals surface area contributed by atoms with Crippen molar-refractivity contribution in [3.05, 3.63) is 77.0 Å². The Labute approximate surface area is 192 Å². The van der Waals surface area contributed by atoms with Crippen molar-refractivity contribution in [3.63, 3.8) is 0 Å². The van der Waals surface area contributed by atoms with Crippen molar-refractivity contribution in [2.24, 2.45) is 0 Å². The number of nitrogens with zero attached hydrogens (tertiary/aromatic N) is 4. The summed E-state index contributed by atoms with van der Waals surface area (Å²) in [5, 5.41) is 15.1. The molecule has 1 amide bonds. The van der Waals surface area contributed by atoms with Crippen molar-refractivity contribution in [3.8, 4) is 11.4 Å². The van der Waals surface area contributed by atoms with Crippen LogP contribution in [-0.2, 0) is 11.4 Å². The van der Waals surface area contributed by atoms with Gasteiger partial charge in [-0.15, -0.1) is 5.10 Å². The molecule has 0 saturated carbocycles. The molecular weight excluding hydrogens is 455 g/mol. The summed E-state index contributed by atoms with van der Waals surface area (Å²) in [4.78, 5) is 16.8. The molecule has 32 heavy (non-hydrogen) atoms. The number of thioether (sulfide) groups is 1. The number of aromatic amines is 1. The number of amides is 1. The first-order valence-electron chi connectivity index (χ1n) is 9.51. The Morgan fingerprint density at radius 3 is 2.72 bits per heavy atom. The molecule has 4 aromatic rings. The molecule has 0 atom stereocenters. The third-order valence-corrected chi connectivity index (χ3v) is 5.30. The van der Waals surface area contributed by atoms with Gasteiger partial charge in [-0.1, -0.05) is 23.4 Å². The zero-order valence-corrected chi connectivity index (χ0v) is 18.5. The highest BCUT2D eigenvalue weighted by Gasteiger charge is 2.13. The Bertz CT molecular complexity index is 1210. The molecule has 0 saturated heterocycles. The van der Waals surface area contributed by atoms with Gasteiger partial charge in [0.1, 0.15) is 24.0 Å². The van der Waals surface area contributed by atoms with Gasteiger partial charge in [-0.2, -0.15) is 5.10 Å². The van der Waals surface area contributed by atoms with E-state index in [0.29, 0.717) is 33.3 Å². The van der Waals surface area contributed by atoms with Crippen molar-refractivity contribution in [1.29, 1.82) is 0 Å². The van der Waals surface area contributed by atoms with Gasteiger partial charge in [0.2, 0.25) is 11.1 Å². The van der Waals surface area contributed by atoms with Crippen molar-refractivity contribution in [1.82, 2.24) is 25.0 Å². The number of hydrogen-bond acceptors (Lipinski definition) is 6. The van der Waals surface area contributed by atoms with Crippen molar-refractivity contribution >= 4 is 35.1 Å². The quantitative estimate of drug-likeness (QED) is 0.369. The summed E-state index contributed by atoms with van der Waals surface area (Å²) < 4.78 is 20.4. The average Bonchev–Trinajstić information content (AvgIpc) is 3.38. The summed E-state index contributed by atoms with van der Waals surface area (Å²) in [6.45, 7) is 2.02. The maximum absolute atomic E-state index is 13.2. The monoisotopic (exact) mass is 472 g/mol. The Balaban J connectivity index is 1.31. The molecule has 8 nitrogen and oxygen atoms in total. The predicted molar refractivity (Wildman–Crippen MR) is 120 cm³/mol. The van der Waals surface area contributed by atoms with Crippen LogP contribution < -0.4 is 10.1 Å². The Morgan fingerprint density at radius 2 is 1.97 bits per heavy atom. The highest BCUT2D eigenvalue weighted by atomic mass is 35.5. The van der Waals surface area contributed by atoms with E-state index in [1.54, 1.807) is 47.1 Å². The number of hydrogen-bond donors (Lipinski definition) is 2. The molecule has 11 heteroatoms. The molecule has 0 aliphatic carbocycles. The molecule has 0 spiro atoms. The number of anilines is 1. The first kappa shape index (κ1) is 21.8. The summed E-state index contributed by atoms with van der Waals surface area (Å²) in [6.07, 6.45) is 0. The van der Waals surface area contributed by atoms with Crippen molar-refractivity contribution < 1.29 is 13.9 Å². The fourth-order valence-corrected chi connectivity index (χ4v) is 3.51. The highest BCUT2D eigenvalue weighted by Crippen LogP contribution is 2.20. The molecule has 2 aromatic heterocycles. The number of benzene rings is 2. The number of carbonyl (C=O) groups is 1. The number of halogens is 2. The van der Waals surface area contributed by atoms with Gasteiger partial charge in [-0.3, -0.25) is 9.89 Å². The molecule has 0 fully saturated rings. The maximum Gasteiger partial charge on any atom is 0.236 e. The van der Waals surface area contributed by atoms with Crippen LogP contribution >= 0.6 is 23.4 Å². The van der Waals surface area contributed by atoms with E-state index in [4.69, 9.17) is 16.3 Å². The van der Waals surface area contributed by atoms with Crippen LogP contribution in [0.15, 0.2) is 59.8 Å². The lowest BCUT2D eigenvalue weighted by Gasteiger charge is -2.08. The average molecular weight is 473 g/mol. The summed E-state index contributed by atoms with van der Waals surface area (Å²) in [6, 6.07) is 14.6. The lowest BCUT2D eigenvalue weighted by Crippen LogP contribution is -2.17. The molecule has 0 aliphatic heterocycles. The first-order chi connectivity index (χ1) is 15.5. The van der Waals surface area contributed by atoms with E-state index in [9.17, 15) is 9.18 Å². The Hall–Kier alpha value is -3.37. The van der Waals surface area contributed by atoms with Crippen LogP contribution in [-0.4, -0.2) is 36.6 Å². The fourth-order valence-electron chi connectivity index (χ4n) is 2.77. The van der Waals surface area contributed by atoms with Gasteiger partial charge in [0.15, 0.2) is 5.82 Å². The van der Waals surface area contributed by atoms with Gasteiger partial charge in [0.05, 0.1) is 17.1 Å². The van der Waals surface area contributed by atoms with Gasteiger partial charge in [-0.25, -0.2) is 14.1 Å². The van der Waals surface area contributed by atoms with Crippen LogP contribution in [0.2, 0.25) is 5.02 Å². The van der Waals surface area contributed by atoms with Gasteiger partial charge in [-0.05, 0) is 55.5 Å². The van der Waals surface area contributed by atoms with Crippen LogP contribution in [0.5, 0.6) is 5.75 Å². The zero-order chi connectivity index (χ0) is 22.5. The standard InChI is InChI=1S/C21H18ClFN6O2S/c1-13-10-19(29(28-13)16-6-4-15(23)5-7-16)25-20(30)12-32-21-24-18(26-27-21)11-31-17-8-2-14(22)3-9-17/h2-10H,11-12H2,1H3,(H,25,30)(H,24,26,27). The normalized spacial score (nSPS) is 10.8. The van der Waals surface area contributed by atoms with Crippen molar-refractivity contribution in [2.75, 3.05) is 11.1 Å². The number of aromatic nitrogens is 5. The summed E-state index contributed by atoms with van der Waals surface area (Å²) >= 11 is 7.04. The summed E-state index contributed by atoms with van der Waals surface area (Å²) in [5.74, 6) is 1.20. The molecule has 0 radical (unpaired) electrons. The molecule has 164 valence electrons. The van der Waals surface area contributed by atoms with E-state index in [2.05, 4.69) is 25.6 Å². The second-order valence-corrected chi connectivity index (χ2v) is 8.08. The second-order valence-electron chi connectivity index (χ2n) is 6.70. The van der Waals surface area contributed by atoms with Crippen LogP contribution in [0, 0.1) is 12.7 Å². The third-order valence-electron chi connectivity index (χ3n) is 4.20. The number of aryl methyl sites for hydroxylation is 1. The third kappa shape index (κ3) is 5.65. The number of H-pyrrole nitrogens is 1. The Morgan fingerprint density at radius 1 is 1.22 bits per heavy atom. The van der Waals surface area contributed by atoms with Gasteiger partial charge in [0, 0.05) is 11.1 Å². The van der Waals surface area contributed by atoms with E-state index < -0.39 is 0 Å². The molecule has 0 aliphatic rings. The van der Waals surface area contributed by atoms with Crippen LogP contribution in [0.1, 0.15) is 11.5 Å². The lowest BCUT2D eigenvalue weighted by molar-refractivity contribution is -0.113. The minimum atomic E-state index is -0.343. The van der Waals surface area contributed by atoms with Gasteiger partial charge < -0.3 is 10.1 Å². The number of ether oxygens (including phenoxy) is 1. The minimum absolute atomic E-state index is 0.100. The number of carbonyl (C=O) groups excluding carboxylic acids is 1. The molecular formula is C21H18ClFN6O2S. The van der Waals surface area contributed by atoms with E-state index in [1.165, 1.54) is 23.9 Å². The van der Waals surface area contributed by atoms with Crippen LogP contribution in [0.4, 0.5) is 10.2 Å². The second kappa shape index (κ2) is 9.84. The lowest BCUT2D eigenvalue weighted by atomic mass is 10.3. The topological polar surface area (TPSA) is 97.7 Å². The molecule has 0 bridgehead atoms. The van der Waals surface area contributed by atoms with Gasteiger partial charge >= 0.3 is 0 Å². The van der Waals surface area contributed by atoms with Crippen LogP contribution in [0.25, 0.3) is 5.69 Å². The van der Waals surface area contributed by atoms with Crippen molar-refractivity contribution in [2.45, 2.75) is 18.7 Å². The van der Waals surface area contributed by atoms with E-state index in [0.717, 1.165) is 5.69 Å². The molecule has 2 N–H and O–H groups in total. The molecule has 4 rings (SSSR count). The Kier molecular flexibility index (Phi) is 6.72. The van der Waals surface area contributed by atoms with E-state index in [1.807, 2.05) is 6.92 Å². The maximum atomic E-state index is 13.2. The molecule has 2 heterocycles. The predicted octanol–water partition coefficient (Wildman–Crippen LogP) is 4.40. The molecule has 2 aromatic carbocycles. The summed E-state index contributed by atoms with van der Waals surface area (Å²) in [5.41, 5.74) is 1.36. The van der Waals surface area contributed by atoms with Gasteiger partial charge in [0.25, 0.3) is 0 Å². The summed E-state index contributed by atoms with van der Waals surface area (Å²) in [7, 11) is 0. The number of nitrogens with one attached hydrogen (secondary N) is 2. The number of rotatable bonds is 8. The van der Waals surface area contributed by atoms with E-state index in [-0.39, 0.29) is 24.1 Å².